The van der Waals surface area contributed by atoms with Crippen molar-refractivity contribution in [2.75, 3.05) is 24.3 Å². The van der Waals surface area contributed by atoms with Crippen molar-refractivity contribution in [2.45, 2.75) is 45.4 Å². The quantitative estimate of drug-likeness (QED) is 0.129. The molecule has 1 aromatic carbocycles. The maximum Gasteiger partial charge on any atom is 0.433 e. The fourth-order valence-corrected chi connectivity index (χ4v) is 3.99. The van der Waals surface area contributed by atoms with Crippen molar-refractivity contribution >= 4 is 45.0 Å². The van der Waals surface area contributed by atoms with Crippen LogP contribution in [0.3, 0.4) is 0 Å². The largest absolute Gasteiger partial charge is 0.481 e. The molecule has 0 aliphatic rings. The lowest BCUT2D eigenvalue weighted by Crippen LogP contribution is -2.33. The van der Waals surface area contributed by atoms with Crippen molar-refractivity contribution < 1.29 is 41.0 Å². The molecule has 0 fully saturated rings. The second-order valence-corrected chi connectivity index (χ2v) is 10.6. The smallest absolute Gasteiger partial charge is 0.433 e. The van der Waals surface area contributed by atoms with Gasteiger partial charge in [-0.1, -0.05) is 0 Å². The lowest BCUT2D eigenvalue weighted by atomic mass is 10.0. The fraction of sp³-hybridized carbons (Fsp3) is 0.333. The van der Waals surface area contributed by atoms with Crippen molar-refractivity contribution in [3.05, 3.63) is 69.6 Å². The number of carbonyl (C=O) groups is 2. The molecule has 2 amide bonds. The van der Waals surface area contributed by atoms with E-state index >= 15 is 0 Å². The van der Waals surface area contributed by atoms with Crippen LogP contribution in [0.4, 0.5) is 43.8 Å². The zero-order valence-electron chi connectivity index (χ0n) is 22.9. The summed E-state index contributed by atoms with van der Waals surface area (Å²) in [5, 5.41) is 7.68. The highest BCUT2D eigenvalue weighted by atomic mass is 79.9. The maximum atomic E-state index is 14.9. The van der Waals surface area contributed by atoms with E-state index in [9.17, 15) is 31.5 Å². The molecule has 0 radical (unpaired) electrons. The van der Waals surface area contributed by atoms with Gasteiger partial charge < -0.3 is 25.4 Å². The van der Waals surface area contributed by atoms with Crippen molar-refractivity contribution in [2.24, 2.45) is 0 Å². The summed E-state index contributed by atoms with van der Waals surface area (Å²) in [4.78, 5) is 32.5. The third kappa shape index (κ3) is 8.74. The maximum absolute atomic E-state index is 14.9. The molecule has 2 aromatic heterocycles. The average Bonchev–Trinajstić information content (AvgIpc) is 2.89. The molecule has 226 valence electrons. The molecule has 0 atom stereocenters. The minimum atomic E-state index is -4.87. The SMILES string of the molecule is COc1ccc(NC(=O)c2cc(C(F)(F)F)ncc2Nc2ccc(F)c(F)c2CCCNC(=O)OC(C)(C)C)c(Br)n1. The molecule has 9 nitrogen and oxygen atoms in total. The van der Waals surface area contributed by atoms with Crippen LogP contribution in [0.15, 0.2) is 41.1 Å². The first kappa shape index (κ1) is 32.5. The molecule has 42 heavy (non-hydrogen) atoms. The van der Waals surface area contributed by atoms with E-state index in [0.29, 0.717) is 6.07 Å². The predicted octanol–water partition coefficient (Wildman–Crippen LogP) is 7.00. The van der Waals surface area contributed by atoms with Gasteiger partial charge in [-0.3, -0.25) is 4.79 Å². The molecule has 0 spiro atoms. The van der Waals surface area contributed by atoms with Gasteiger partial charge in [-0.05, 0) is 73.8 Å². The van der Waals surface area contributed by atoms with E-state index in [1.807, 2.05) is 0 Å². The fourth-order valence-electron chi connectivity index (χ4n) is 3.58. The number of hydrogen-bond donors (Lipinski definition) is 3. The van der Waals surface area contributed by atoms with Gasteiger partial charge in [0.2, 0.25) is 5.88 Å². The van der Waals surface area contributed by atoms with Crippen LogP contribution in [0.5, 0.6) is 5.88 Å². The molecule has 0 aliphatic carbocycles. The lowest BCUT2D eigenvalue weighted by Gasteiger charge is -2.20. The number of benzene rings is 1. The number of pyridine rings is 2. The Morgan fingerprint density at radius 1 is 1.02 bits per heavy atom. The Hall–Kier alpha value is -4.01. The van der Waals surface area contributed by atoms with Gasteiger partial charge in [-0.15, -0.1) is 0 Å². The summed E-state index contributed by atoms with van der Waals surface area (Å²) in [7, 11) is 1.38. The Labute approximate surface area is 246 Å². The van der Waals surface area contributed by atoms with Crippen LogP contribution in [-0.2, 0) is 17.3 Å². The Bertz CT molecular complexity index is 1460. The van der Waals surface area contributed by atoms with Gasteiger partial charge in [0.1, 0.15) is 15.9 Å². The van der Waals surface area contributed by atoms with Crippen molar-refractivity contribution in [1.29, 1.82) is 0 Å². The van der Waals surface area contributed by atoms with E-state index in [2.05, 4.69) is 41.8 Å². The van der Waals surface area contributed by atoms with Crippen LogP contribution in [-0.4, -0.2) is 41.2 Å². The molecule has 0 saturated carbocycles. The minimum Gasteiger partial charge on any atom is -0.481 e. The van der Waals surface area contributed by atoms with E-state index in [0.717, 1.165) is 12.3 Å². The van der Waals surface area contributed by atoms with E-state index in [1.54, 1.807) is 20.8 Å². The lowest BCUT2D eigenvalue weighted by molar-refractivity contribution is -0.141. The van der Waals surface area contributed by atoms with E-state index < -0.39 is 46.7 Å². The summed E-state index contributed by atoms with van der Waals surface area (Å²) < 4.78 is 79.7. The number of halogens is 6. The van der Waals surface area contributed by atoms with Crippen LogP contribution < -0.4 is 20.7 Å². The number of amides is 2. The molecule has 3 aromatic rings. The second-order valence-electron chi connectivity index (χ2n) is 9.80. The molecule has 0 saturated heterocycles. The molecule has 0 unspecified atom stereocenters. The summed E-state index contributed by atoms with van der Waals surface area (Å²) in [5.41, 5.74) is -2.81. The highest BCUT2D eigenvalue weighted by Gasteiger charge is 2.34. The number of aromatic nitrogens is 2. The van der Waals surface area contributed by atoms with E-state index in [-0.39, 0.29) is 52.5 Å². The van der Waals surface area contributed by atoms with Gasteiger partial charge in [0, 0.05) is 23.9 Å². The van der Waals surface area contributed by atoms with Crippen LogP contribution >= 0.6 is 15.9 Å². The summed E-state index contributed by atoms with van der Waals surface area (Å²) >= 11 is 3.16. The number of alkyl halides is 3. The first-order valence-electron chi connectivity index (χ1n) is 12.4. The summed E-state index contributed by atoms with van der Waals surface area (Å²) in [6, 6.07) is 5.40. The van der Waals surface area contributed by atoms with Crippen molar-refractivity contribution in [3.63, 3.8) is 0 Å². The molecular formula is C27H27BrF5N5O4. The predicted molar refractivity (Wildman–Crippen MR) is 148 cm³/mol. The number of alkyl carbamates (subject to hydrolysis) is 1. The van der Waals surface area contributed by atoms with Crippen LogP contribution in [0.2, 0.25) is 0 Å². The molecule has 15 heteroatoms. The Morgan fingerprint density at radius 3 is 2.33 bits per heavy atom. The van der Waals surface area contributed by atoms with Crippen LogP contribution in [0.25, 0.3) is 0 Å². The Balaban J connectivity index is 1.90. The topological polar surface area (TPSA) is 114 Å². The third-order valence-electron chi connectivity index (χ3n) is 5.46. The molecule has 0 bridgehead atoms. The number of carbonyl (C=O) groups excluding carboxylic acids is 2. The average molecular weight is 660 g/mol. The molecule has 3 rings (SSSR count). The Morgan fingerprint density at radius 2 is 1.71 bits per heavy atom. The second kappa shape index (κ2) is 13.3. The molecule has 3 N–H and O–H groups in total. The molecular weight excluding hydrogens is 633 g/mol. The number of nitrogens with zero attached hydrogens (tertiary/aromatic N) is 2. The van der Waals surface area contributed by atoms with Gasteiger partial charge in [-0.2, -0.15) is 13.2 Å². The number of nitrogens with one attached hydrogen (secondary N) is 3. The number of ether oxygens (including phenoxy) is 2. The minimum absolute atomic E-state index is 0.0194. The van der Waals surface area contributed by atoms with Gasteiger partial charge in [0.15, 0.2) is 11.6 Å². The van der Waals surface area contributed by atoms with Gasteiger partial charge in [-0.25, -0.2) is 23.5 Å². The van der Waals surface area contributed by atoms with Crippen molar-refractivity contribution in [3.8, 4) is 5.88 Å². The first-order valence-corrected chi connectivity index (χ1v) is 13.2. The number of anilines is 3. The first-order chi connectivity index (χ1) is 19.6. The normalized spacial score (nSPS) is 11.6. The third-order valence-corrected chi connectivity index (χ3v) is 6.06. The van der Waals surface area contributed by atoms with Crippen molar-refractivity contribution in [1.82, 2.24) is 15.3 Å². The Kier molecular flexibility index (Phi) is 10.3. The van der Waals surface area contributed by atoms with E-state index in [1.165, 1.54) is 25.3 Å². The van der Waals surface area contributed by atoms with Gasteiger partial charge >= 0.3 is 12.3 Å². The monoisotopic (exact) mass is 659 g/mol. The highest BCUT2D eigenvalue weighted by molar-refractivity contribution is 9.10. The number of hydrogen-bond acceptors (Lipinski definition) is 7. The summed E-state index contributed by atoms with van der Waals surface area (Å²) in [6.07, 6.45) is -4.71. The zero-order valence-corrected chi connectivity index (χ0v) is 24.5. The number of methoxy groups -OCH3 is 1. The van der Waals surface area contributed by atoms with Crippen LogP contribution in [0, 0.1) is 11.6 Å². The van der Waals surface area contributed by atoms with Gasteiger partial charge in [0.05, 0.1) is 30.2 Å². The summed E-state index contributed by atoms with van der Waals surface area (Å²) in [5.74, 6) is -3.10. The number of rotatable bonds is 9. The summed E-state index contributed by atoms with van der Waals surface area (Å²) in [6.45, 7) is 5.11. The zero-order chi connectivity index (χ0) is 31.2. The standard InChI is InChI=1S/C27H27BrF5N5O4/c1-26(2,3)42-25(40)34-11-5-6-14-17(8-7-16(29)22(14)30)36-19-13-35-20(27(31,32)33)12-15(19)24(39)37-18-9-10-21(41-4)38-23(18)28/h7-10,12-13,36H,5-6,11H2,1-4H3,(H,34,40)(H,37,39). The van der Waals surface area contributed by atoms with Crippen LogP contribution in [0.1, 0.15) is 48.8 Å². The van der Waals surface area contributed by atoms with E-state index in [4.69, 9.17) is 9.47 Å². The highest BCUT2D eigenvalue weighted by Crippen LogP contribution is 2.33. The molecule has 0 aliphatic heterocycles. The molecule has 2 heterocycles. The van der Waals surface area contributed by atoms with Gasteiger partial charge in [0.25, 0.3) is 5.91 Å².